The van der Waals surface area contributed by atoms with E-state index >= 15 is 0 Å². The molecule has 6 heteroatoms. The average Bonchev–Trinajstić information content (AvgIpc) is 2.46. The van der Waals surface area contributed by atoms with E-state index in [4.69, 9.17) is 40.5 Å². The SMILES string of the molecule is NCC(c1ccc(Cl)c(Cl)c1)C(O)c1ccc(Cl)c(F)c1. The monoisotopic (exact) mass is 347 g/mol. The van der Waals surface area contributed by atoms with Gasteiger partial charge in [0, 0.05) is 12.5 Å². The third-order valence-electron chi connectivity index (χ3n) is 3.29. The lowest BCUT2D eigenvalue weighted by molar-refractivity contribution is 0.147. The van der Waals surface area contributed by atoms with E-state index in [2.05, 4.69) is 0 Å². The number of aliphatic hydroxyl groups excluding tert-OH is 1. The highest BCUT2D eigenvalue weighted by atomic mass is 35.5. The molecule has 0 spiro atoms. The molecule has 0 heterocycles. The quantitative estimate of drug-likeness (QED) is 0.850. The molecule has 3 N–H and O–H groups in total. The zero-order valence-electron chi connectivity index (χ0n) is 10.9. The van der Waals surface area contributed by atoms with Gasteiger partial charge in [0.15, 0.2) is 0 Å². The number of halogens is 4. The van der Waals surface area contributed by atoms with Crippen LogP contribution in [0.15, 0.2) is 36.4 Å². The summed E-state index contributed by atoms with van der Waals surface area (Å²) in [7, 11) is 0. The van der Waals surface area contributed by atoms with Crippen molar-refractivity contribution >= 4 is 34.8 Å². The van der Waals surface area contributed by atoms with Crippen molar-refractivity contribution in [3.63, 3.8) is 0 Å². The van der Waals surface area contributed by atoms with Crippen molar-refractivity contribution in [2.75, 3.05) is 6.54 Å². The standard InChI is InChI=1S/C15H13Cl3FNO/c16-11-3-1-8(5-13(11)18)10(7-20)15(21)9-2-4-12(17)14(19)6-9/h1-6,10,15,21H,7,20H2. The number of hydrogen-bond donors (Lipinski definition) is 2. The highest BCUT2D eigenvalue weighted by molar-refractivity contribution is 6.42. The first-order valence-corrected chi connectivity index (χ1v) is 7.35. The van der Waals surface area contributed by atoms with Gasteiger partial charge < -0.3 is 10.8 Å². The van der Waals surface area contributed by atoms with E-state index in [9.17, 15) is 9.50 Å². The third-order valence-corrected chi connectivity index (χ3v) is 4.34. The second-order valence-electron chi connectivity index (χ2n) is 4.63. The lowest BCUT2D eigenvalue weighted by Gasteiger charge is -2.23. The molecule has 0 aromatic heterocycles. The molecule has 0 aliphatic carbocycles. The fourth-order valence-corrected chi connectivity index (χ4v) is 2.54. The second kappa shape index (κ2) is 6.95. The number of rotatable bonds is 4. The van der Waals surface area contributed by atoms with Gasteiger partial charge in [-0.1, -0.05) is 46.9 Å². The number of nitrogens with two attached hydrogens (primary N) is 1. The lowest BCUT2D eigenvalue weighted by atomic mass is 9.89. The molecule has 21 heavy (non-hydrogen) atoms. The van der Waals surface area contributed by atoms with E-state index in [0.29, 0.717) is 15.6 Å². The fraction of sp³-hybridized carbons (Fsp3) is 0.200. The summed E-state index contributed by atoms with van der Waals surface area (Å²) in [4.78, 5) is 0. The van der Waals surface area contributed by atoms with Crippen LogP contribution in [0.3, 0.4) is 0 Å². The van der Waals surface area contributed by atoms with Crippen LogP contribution in [0, 0.1) is 5.82 Å². The molecule has 0 bridgehead atoms. The predicted octanol–water partition coefficient (Wildman–Crippen LogP) is 4.56. The van der Waals surface area contributed by atoms with Crippen molar-refractivity contribution in [1.82, 2.24) is 0 Å². The maximum atomic E-state index is 13.5. The van der Waals surface area contributed by atoms with Crippen molar-refractivity contribution in [2.24, 2.45) is 5.73 Å². The molecule has 2 nitrogen and oxygen atoms in total. The van der Waals surface area contributed by atoms with E-state index in [0.717, 1.165) is 5.56 Å². The summed E-state index contributed by atoms with van der Waals surface area (Å²) in [5.41, 5.74) is 6.88. The molecule has 0 amide bonds. The third kappa shape index (κ3) is 3.68. The normalized spacial score (nSPS) is 14.0. The maximum absolute atomic E-state index is 13.5. The Morgan fingerprint density at radius 2 is 1.57 bits per heavy atom. The first-order chi connectivity index (χ1) is 9.93. The van der Waals surface area contributed by atoms with Gasteiger partial charge >= 0.3 is 0 Å². The molecule has 0 fully saturated rings. The molecule has 0 saturated heterocycles. The Morgan fingerprint density at radius 1 is 0.952 bits per heavy atom. The van der Waals surface area contributed by atoms with Crippen LogP contribution in [0.2, 0.25) is 15.1 Å². The number of benzene rings is 2. The molecule has 2 rings (SSSR count). The van der Waals surface area contributed by atoms with Crippen LogP contribution in [0.25, 0.3) is 0 Å². The second-order valence-corrected chi connectivity index (χ2v) is 5.86. The molecular weight excluding hydrogens is 336 g/mol. The van der Waals surface area contributed by atoms with Crippen molar-refractivity contribution in [3.8, 4) is 0 Å². The molecule has 2 atom stereocenters. The number of aliphatic hydroxyl groups is 1. The minimum Gasteiger partial charge on any atom is -0.388 e. The Kier molecular flexibility index (Phi) is 5.47. The van der Waals surface area contributed by atoms with Gasteiger partial charge in [-0.05, 0) is 35.4 Å². The Labute approximate surface area is 137 Å². The molecule has 0 aliphatic rings. The smallest absolute Gasteiger partial charge is 0.142 e. The van der Waals surface area contributed by atoms with E-state index in [1.54, 1.807) is 24.3 Å². The predicted molar refractivity (Wildman–Crippen MR) is 84.6 cm³/mol. The Hall–Kier alpha value is -0.840. The van der Waals surface area contributed by atoms with Gasteiger partial charge in [-0.15, -0.1) is 0 Å². The van der Waals surface area contributed by atoms with Gasteiger partial charge in [0.1, 0.15) is 5.82 Å². The Bertz CT molecular complexity index is 651. The highest BCUT2D eigenvalue weighted by Crippen LogP contribution is 2.34. The first kappa shape index (κ1) is 16.5. The molecule has 2 aromatic carbocycles. The Balaban J connectivity index is 2.35. The van der Waals surface area contributed by atoms with E-state index in [1.165, 1.54) is 12.1 Å². The zero-order valence-corrected chi connectivity index (χ0v) is 13.1. The molecule has 2 unspecified atom stereocenters. The van der Waals surface area contributed by atoms with Crippen LogP contribution in [0.1, 0.15) is 23.1 Å². The van der Waals surface area contributed by atoms with E-state index < -0.39 is 17.8 Å². The summed E-state index contributed by atoms with van der Waals surface area (Å²) in [6, 6.07) is 9.19. The van der Waals surface area contributed by atoms with Crippen molar-refractivity contribution in [1.29, 1.82) is 0 Å². The van der Waals surface area contributed by atoms with Gasteiger partial charge in [0.2, 0.25) is 0 Å². The lowest BCUT2D eigenvalue weighted by Crippen LogP contribution is -2.20. The van der Waals surface area contributed by atoms with Crippen LogP contribution in [-0.2, 0) is 0 Å². The summed E-state index contributed by atoms with van der Waals surface area (Å²) in [6.07, 6.45) is -0.973. The maximum Gasteiger partial charge on any atom is 0.142 e. The summed E-state index contributed by atoms with van der Waals surface area (Å²) in [5.74, 6) is -1.02. The number of hydrogen-bond acceptors (Lipinski definition) is 2. The van der Waals surface area contributed by atoms with Crippen LogP contribution < -0.4 is 5.73 Å². The van der Waals surface area contributed by atoms with Gasteiger partial charge in [0.05, 0.1) is 21.2 Å². The Morgan fingerprint density at radius 3 is 2.14 bits per heavy atom. The summed E-state index contributed by atoms with van der Waals surface area (Å²) in [6.45, 7) is 0.170. The van der Waals surface area contributed by atoms with Crippen LogP contribution in [-0.4, -0.2) is 11.7 Å². The average molecular weight is 349 g/mol. The first-order valence-electron chi connectivity index (χ1n) is 6.22. The fourth-order valence-electron chi connectivity index (χ4n) is 2.12. The highest BCUT2D eigenvalue weighted by Gasteiger charge is 2.23. The molecule has 112 valence electrons. The van der Waals surface area contributed by atoms with Crippen molar-refractivity contribution < 1.29 is 9.50 Å². The van der Waals surface area contributed by atoms with E-state index in [-0.39, 0.29) is 11.6 Å². The minimum atomic E-state index is -0.973. The molecule has 0 radical (unpaired) electrons. The molecular formula is C15H13Cl3FNO. The van der Waals surface area contributed by atoms with Gasteiger partial charge in [-0.25, -0.2) is 4.39 Å². The van der Waals surface area contributed by atoms with Gasteiger partial charge in [-0.2, -0.15) is 0 Å². The van der Waals surface area contributed by atoms with E-state index in [1.807, 2.05) is 0 Å². The zero-order chi connectivity index (χ0) is 15.6. The van der Waals surface area contributed by atoms with Gasteiger partial charge in [0.25, 0.3) is 0 Å². The topological polar surface area (TPSA) is 46.2 Å². The van der Waals surface area contributed by atoms with Gasteiger partial charge in [-0.3, -0.25) is 0 Å². The van der Waals surface area contributed by atoms with Crippen LogP contribution in [0.5, 0.6) is 0 Å². The summed E-state index contributed by atoms with van der Waals surface area (Å²) in [5, 5.41) is 11.2. The van der Waals surface area contributed by atoms with Crippen molar-refractivity contribution in [2.45, 2.75) is 12.0 Å². The minimum absolute atomic E-state index is 0.00443. The molecule has 2 aromatic rings. The molecule has 0 saturated carbocycles. The van der Waals surface area contributed by atoms with Crippen molar-refractivity contribution in [3.05, 3.63) is 68.4 Å². The molecule has 0 aliphatic heterocycles. The van der Waals surface area contributed by atoms with Crippen LogP contribution in [0.4, 0.5) is 4.39 Å². The van der Waals surface area contributed by atoms with Crippen LogP contribution >= 0.6 is 34.8 Å². The summed E-state index contributed by atoms with van der Waals surface area (Å²) < 4.78 is 13.5. The largest absolute Gasteiger partial charge is 0.388 e. The summed E-state index contributed by atoms with van der Waals surface area (Å²) >= 11 is 17.5.